The summed E-state index contributed by atoms with van der Waals surface area (Å²) in [5.74, 6) is 0. The van der Waals surface area contributed by atoms with E-state index >= 15 is 0 Å². The van der Waals surface area contributed by atoms with Crippen LogP contribution in [0.25, 0.3) is 0 Å². The molecule has 3 aliphatic heterocycles. The van der Waals surface area contributed by atoms with Crippen LogP contribution in [0.1, 0.15) is 54.2 Å². The molecule has 0 N–H and O–H groups in total. The van der Waals surface area contributed by atoms with Gasteiger partial charge in [-0.3, -0.25) is 0 Å². The standard InChI is InChI=1S/3C21H27IN2O2S/c3*1-5-16-13-17(24(9-11-25-3)10-12-26-4)14-19-21(16)23-20-15(2)7-6-8-18(20)27(19)22/h3*6-8,13-14H,5,9-12H2,1-4H3. The SMILES string of the molecule is CCc1cc(N(CCOC)CCOC)cc2c1N=c1c(C)cccc1=S2I.CCc1cc(N(CCOC)CCOC)cc2c1N=c1c(C)cccc1=S2I.CCc1cc(N(CCOC)CCOC)cc2c1N=c1c(C)cccc1=S2I. The third-order valence-corrected chi connectivity index (χ3v) is 27.3. The van der Waals surface area contributed by atoms with Crippen LogP contribution in [0.2, 0.25) is 0 Å². The van der Waals surface area contributed by atoms with E-state index in [2.05, 4.69) is 211 Å². The average molecular weight is 1500 g/mol. The largest absolute Gasteiger partial charge is 0.383 e. The van der Waals surface area contributed by atoms with E-state index in [-0.39, 0.29) is 23.0 Å². The summed E-state index contributed by atoms with van der Waals surface area (Å²) in [4.78, 5) is 26.3. The van der Waals surface area contributed by atoms with Gasteiger partial charge < -0.3 is 43.1 Å². The molecule has 18 heteroatoms. The number of halogens is 3. The van der Waals surface area contributed by atoms with Crippen molar-refractivity contribution in [1.82, 2.24) is 0 Å². The fourth-order valence-electron chi connectivity index (χ4n) is 9.86. The van der Waals surface area contributed by atoms with Gasteiger partial charge in [-0.15, -0.1) is 0 Å². The average Bonchev–Trinajstić information content (AvgIpc) is 3.58. The van der Waals surface area contributed by atoms with Crippen LogP contribution >= 0.6 is 86.6 Å². The molecule has 3 atom stereocenters. The number of para-hydroxylation sites is 3. The summed E-state index contributed by atoms with van der Waals surface area (Å²) in [6.07, 6.45) is 2.91. The molecular weight excluding hydrogens is 1410 g/mol. The molecule has 0 aromatic heterocycles. The van der Waals surface area contributed by atoms with Crippen LogP contribution < -0.4 is 30.8 Å². The zero-order valence-corrected chi connectivity index (χ0v) is 58.2. The monoisotopic (exact) mass is 1490 g/mol. The van der Waals surface area contributed by atoms with Crippen molar-refractivity contribution in [3.63, 3.8) is 0 Å². The summed E-state index contributed by atoms with van der Waals surface area (Å²) in [5, 5.41) is 3.46. The summed E-state index contributed by atoms with van der Waals surface area (Å²) in [7, 11) is 10.5. The molecule has 3 aliphatic rings. The number of aryl methyl sites for hydroxylation is 6. The molecular formula is C63H81I3N6O6S3. The lowest BCUT2D eigenvalue weighted by Gasteiger charge is -2.27. The third kappa shape index (κ3) is 16.0. The predicted molar refractivity (Wildman–Crippen MR) is 367 cm³/mol. The Morgan fingerprint density at radius 3 is 0.815 bits per heavy atom. The van der Waals surface area contributed by atoms with Crippen LogP contribution in [0, 0.1) is 34.3 Å². The van der Waals surface area contributed by atoms with E-state index in [1.807, 2.05) is 0 Å². The number of hydrogen-bond donors (Lipinski definition) is 0. The van der Waals surface area contributed by atoms with E-state index in [9.17, 15) is 0 Å². The van der Waals surface area contributed by atoms with Crippen LogP contribution in [0.3, 0.4) is 0 Å². The molecule has 6 aromatic carbocycles. The van der Waals surface area contributed by atoms with Crippen molar-refractivity contribution < 1.29 is 28.4 Å². The molecule has 438 valence electrons. The summed E-state index contributed by atoms with van der Waals surface area (Å²) in [6, 6.07) is 33.4. The van der Waals surface area contributed by atoms with Crippen LogP contribution in [-0.4, -0.2) is 122 Å². The van der Waals surface area contributed by atoms with Crippen LogP contribution in [-0.2, 0) is 47.7 Å². The normalized spacial score (nSPS) is 15.1. The van der Waals surface area contributed by atoms with Gasteiger partial charge in [0.25, 0.3) is 0 Å². The summed E-state index contributed by atoms with van der Waals surface area (Å²) in [6.45, 7) is 22.4. The van der Waals surface area contributed by atoms with Gasteiger partial charge in [0.15, 0.2) is 0 Å². The Bertz CT molecular complexity index is 3180. The highest BCUT2D eigenvalue weighted by molar-refractivity contribution is 14.2. The minimum atomic E-state index is -0.0134. The number of methoxy groups -OCH3 is 6. The first-order valence-corrected chi connectivity index (χ1v) is 39.0. The predicted octanol–water partition coefficient (Wildman–Crippen LogP) is 14.6. The molecule has 12 nitrogen and oxygen atoms in total. The van der Waals surface area contributed by atoms with Gasteiger partial charge in [-0.05, 0) is 192 Å². The molecule has 9 rings (SSSR count). The van der Waals surface area contributed by atoms with E-state index in [1.165, 1.54) is 95.7 Å². The lowest BCUT2D eigenvalue weighted by atomic mass is 10.1. The number of anilines is 3. The van der Waals surface area contributed by atoms with Crippen molar-refractivity contribution >= 4 is 121 Å². The zero-order chi connectivity index (χ0) is 58.2. The van der Waals surface area contributed by atoms with Gasteiger partial charge in [0.2, 0.25) is 0 Å². The minimum absolute atomic E-state index is 0.0134. The summed E-state index contributed by atoms with van der Waals surface area (Å²) >= 11 is 7.76. The Morgan fingerprint density at radius 1 is 0.370 bits per heavy atom. The highest BCUT2D eigenvalue weighted by Gasteiger charge is 2.22. The van der Waals surface area contributed by atoms with E-state index < -0.39 is 0 Å². The fraction of sp³-hybridized carbons (Fsp3) is 0.429. The zero-order valence-electron chi connectivity index (χ0n) is 49.3. The number of fused-ring (bicyclic) bond motifs is 6. The van der Waals surface area contributed by atoms with Gasteiger partial charge in [0.1, 0.15) is 0 Å². The fourth-order valence-corrected chi connectivity index (χ4v) is 20.2. The molecule has 3 heterocycles. The molecule has 0 amide bonds. The van der Waals surface area contributed by atoms with Crippen molar-refractivity contribution in [1.29, 1.82) is 0 Å². The van der Waals surface area contributed by atoms with Gasteiger partial charge in [0.05, 0.1) is 72.8 Å². The molecule has 0 saturated heterocycles. The Hall–Kier alpha value is -2.88. The van der Waals surface area contributed by atoms with E-state index in [0.29, 0.717) is 39.6 Å². The lowest BCUT2D eigenvalue weighted by Crippen LogP contribution is -2.30. The quantitative estimate of drug-likeness (QED) is 0.0433. The maximum Gasteiger partial charge on any atom is 0.0809 e. The number of hydrogen-bond acceptors (Lipinski definition) is 12. The van der Waals surface area contributed by atoms with Crippen molar-refractivity contribution in [2.24, 2.45) is 15.0 Å². The van der Waals surface area contributed by atoms with Crippen LogP contribution in [0.5, 0.6) is 0 Å². The second-order valence-corrected chi connectivity index (χ2v) is 31.8. The molecule has 0 radical (unpaired) electrons. The smallest absolute Gasteiger partial charge is 0.0809 e. The van der Waals surface area contributed by atoms with E-state index in [0.717, 1.165) is 74.6 Å². The molecule has 0 spiro atoms. The topological polar surface area (TPSA) is 102 Å². The molecule has 6 aromatic rings. The second kappa shape index (κ2) is 32.6. The molecule has 0 saturated carbocycles. The molecule has 3 unspecified atom stereocenters. The van der Waals surface area contributed by atoms with Crippen molar-refractivity contribution in [3.05, 3.63) is 154 Å². The lowest BCUT2D eigenvalue weighted by molar-refractivity contribution is 0.190. The van der Waals surface area contributed by atoms with Crippen molar-refractivity contribution in [3.8, 4) is 0 Å². The van der Waals surface area contributed by atoms with E-state index in [1.54, 1.807) is 42.7 Å². The Kier molecular flexibility index (Phi) is 26.4. The van der Waals surface area contributed by atoms with Crippen LogP contribution in [0.15, 0.2) is 121 Å². The number of ether oxygens (including phenoxy) is 6. The first-order chi connectivity index (χ1) is 39.3. The number of rotatable bonds is 24. The maximum absolute atomic E-state index is 5.32. The maximum atomic E-state index is 5.32. The summed E-state index contributed by atoms with van der Waals surface area (Å²) < 4.78 is 35.9. The highest BCUT2D eigenvalue weighted by atomic mass is 127. The van der Waals surface area contributed by atoms with Gasteiger partial charge in [-0.1, -0.05) is 80.1 Å². The van der Waals surface area contributed by atoms with Gasteiger partial charge >= 0.3 is 0 Å². The number of nitrogens with zero attached hydrogens (tertiary/aromatic N) is 6. The van der Waals surface area contributed by atoms with Gasteiger partial charge in [0, 0.05) is 127 Å². The van der Waals surface area contributed by atoms with Crippen molar-refractivity contribution in [2.45, 2.75) is 75.5 Å². The first kappa shape index (κ1) is 65.7. The molecule has 0 fully saturated rings. The third-order valence-electron chi connectivity index (χ3n) is 14.5. The highest BCUT2D eigenvalue weighted by Crippen LogP contribution is 2.50. The van der Waals surface area contributed by atoms with Crippen molar-refractivity contribution in [2.75, 3.05) is 136 Å². The second-order valence-electron chi connectivity index (χ2n) is 19.7. The van der Waals surface area contributed by atoms with Gasteiger partial charge in [-0.2, -0.15) is 0 Å². The molecule has 0 bridgehead atoms. The molecule has 0 aliphatic carbocycles. The van der Waals surface area contributed by atoms with Crippen LogP contribution in [0.4, 0.5) is 34.1 Å². The Balaban J connectivity index is 0.000000175. The summed E-state index contributed by atoms with van der Waals surface area (Å²) in [5.41, 5.74) is 14.9. The molecule has 81 heavy (non-hydrogen) atoms. The van der Waals surface area contributed by atoms with E-state index in [4.69, 9.17) is 43.4 Å². The Labute approximate surface area is 524 Å². The minimum Gasteiger partial charge on any atom is -0.383 e. The van der Waals surface area contributed by atoms with Gasteiger partial charge in [-0.25, -0.2) is 15.0 Å². The first-order valence-electron chi connectivity index (χ1n) is 27.7. The Morgan fingerprint density at radius 2 is 0.605 bits per heavy atom. The number of benzene rings is 6.